The van der Waals surface area contributed by atoms with Crippen LogP contribution in [0.1, 0.15) is 37.6 Å². The Kier molecular flexibility index (Phi) is 4.21. The molecular weight excluding hydrogens is 190 g/mol. The molecule has 1 rings (SSSR count). The van der Waals surface area contributed by atoms with Crippen molar-refractivity contribution in [3.8, 4) is 0 Å². The number of hydrogen-bond acceptors (Lipinski definition) is 3. The van der Waals surface area contributed by atoms with E-state index in [-0.39, 0.29) is 5.91 Å². The smallest absolute Gasteiger partial charge is 0.229 e. The van der Waals surface area contributed by atoms with Crippen molar-refractivity contribution in [1.29, 1.82) is 0 Å². The molecule has 0 unspecified atom stereocenters. The zero-order valence-electron chi connectivity index (χ0n) is 9.50. The lowest BCUT2D eigenvalue weighted by atomic mass is 10.2. The van der Waals surface area contributed by atoms with Crippen molar-refractivity contribution >= 4 is 11.9 Å². The highest BCUT2D eigenvalue weighted by molar-refractivity contribution is 5.88. The summed E-state index contributed by atoms with van der Waals surface area (Å²) in [6.07, 6.45) is 2.45. The van der Waals surface area contributed by atoms with Gasteiger partial charge in [0.2, 0.25) is 11.9 Å². The normalized spacial score (nSPS) is 10.1. The monoisotopic (exact) mass is 207 g/mol. The Morgan fingerprint density at radius 1 is 1.33 bits per heavy atom. The molecule has 1 N–H and O–H groups in total. The largest absolute Gasteiger partial charge is 0.295 e. The summed E-state index contributed by atoms with van der Waals surface area (Å²) in [5, 5.41) is 2.70. The van der Waals surface area contributed by atoms with Gasteiger partial charge in [-0.1, -0.05) is 13.3 Å². The van der Waals surface area contributed by atoms with Gasteiger partial charge in [-0.2, -0.15) is 0 Å². The molecule has 0 saturated carbocycles. The van der Waals surface area contributed by atoms with E-state index in [1.165, 1.54) is 0 Å². The second-order valence-corrected chi connectivity index (χ2v) is 3.63. The quantitative estimate of drug-likeness (QED) is 0.823. The van der Waals surface area contributed by atoms with Crippen LogP contribution in [0.2, 0.25) is 0 Å². The molecule has 82 valence electrons. The number of amides is 1. The molecule has 4 nitrogen and oxygen atoms in total. The van der Waals surface area contributed by atoms with E-state index in [0.29, 0.717) is 12.4 Å². The lowest BCUT2D eigenvalue weighted by Gasteiger charge is -2.04. The van der Waals surface area contributed by atoms with Gasteiger partial charge in [-0.15, -0.1) is 0 Å². The number of hydrogen-bond donors (Lipinski definition) is 1. The van der Waals surface area contributed by atoms with Crippen LogP contribution < -0.4 is 5.32 Å². The van der Waals surface area contributed by atoms with E-state index in [0.717, 1.165) is 24.2 Å². The van der Waals surface area contributed by atoms with Crippen LogP contribution in [0.25, 0.3) is 0 Å². The molecule has 15 heavy (non-hydrogen) atoms. The predicted molar refractivity (Wildman–Crippen MR) is 59.7 cm³/mol. The Hall–Kier alpha value is -1.45. The molecular formula is C11H17N3O. The highest BCUT2D eigenvalue weighted by atomic mass is 16.1. The number of aryl methyl sites for hydroxylation is 2. The first kappa shape index (κ1) is 11.6. The molecule has 0 fully saturated rings. The molecule has 1 aromatic rings. The van der Waals surface area contributed by atoms with Crippen molar-refractivity contribution in [3.05, 3.63) is 17.5 Å². The molecule has 1 heterocycles. The third-order valence-electron chi connectivity index (χ3n) is 1.99. The summed E-state index contributed by atoms with van der Waals surface area (Å²) in [5.41, 5.74) is 1.74. The van der Waals surface area contributed by atoms with Crippen LogP contribution >= 0.6 is 0 Å². The molecule has 4 heteroatoms. The Bertz CT molecular complexity index is 329. The predicted octanol–water partition coefficient (Wildman–Crippen LogP) is 2.22. The van der Waals surface area contributed by atoms with Crippen molar-refractivity contribution in [2.75, 3.05) is 5.32 Å². The van der Waals surface area contributed by atoms with Gasteiger partial charge in [-0.25, -0.2) is 9.97 Å². The highest BCUT2D eigenvalue weighted by Crippen LogP contribution is 2.05. The second-order valence-electron chi connectivity index (χ2n) is 3.63. The van der Waals surface area contributed by atoms with E-state index in [1.54, 1.807) is 0 Å². The number of carbonyl (C=O) groups excluding carboxylic acids is 1. The first-order valence-electron chi connectivity index (χ1n) is 5.24. The van der Waals surface area contributed by atoms with Crippen LogP contribution in [0.3, 0.4) is 0 Å². The molecule has 1 amide bonds. The summed E-state index contributed by atoms with van der Waals surface area (Å²) in [7, 11) is 0. The van der Waals surface area contributed by atoms with Crippen molar-refractivity contribution in [1.82, 2.24) is 9.97 Å². The number of nitrogens with one attached hydrogen (secondary N) is 1. The van der Waals surface area contributed by atoms with Gasteiger partial charge in [0, 0.05) is 17.8 Å². The molecule has 0 aliphatic carbocycles. The van der Waals surface area contributed by atoms with Crippen LogP contribution in [0.5, 0.6) is 0 Å². The van der Waals surface area contributed by atoms with Crippen molar-refractivity contribution < 1.29 is 4.79 Å². The van der Waals surface area contributed by atoms with Crippen LogP contribution in [0.4, 0.5) is 5.95 Å². The average molecular weight is 207 g/mol. The lowest BCUT2D eigenvalue weighted by molar-refractivity contribution is -0.116. The summed E-state index contributed by atoms with van der Waals surface area (Å²) >= 11 is 0. The number of nitrogens with zero attached hydrogens (tertiary/aromatic N) is 2. The van der Waals surface area contributed by atoms with Gasteiger partial charge in [0.05, 0.1) is 0 Å². The molecule has 0 spiro atoms. The van der Waals surface area contributed by atoms with E-state index in [1.807, 2.05) is 19.9 Å². The van der Waals surface area contributed by atoms with Crippen LogP contribution in [0, 0.1) is 13.8 Å². The second kappa shape index (κ2) is 5.44. The van der Waals surface area contributed by atoms with Crippen molar-refractivity contribution in [2.24, 2.45) is 0 Å². The van der Waals surface area contributed by atoms with E-state index in [4.69, 9.17) is 0 Å². The molecule has 0 aliphatic rings. The van der Waals surface area contributed by atoms with Crippen molar-refractivity contribution in [3.63, 3.8) is 0 Å². The summed E-state index contributed by atoms with van der Waals surface area (Å²) in [6.45, 7) is 5.83. The van der Waals surface area contributed by atoms with Gasteiger partial charge < -0.3 is 0 Å². The first-order chi connectivity index (χ1) is 7.11. The Morgan fingerprint density at radius 3 is 2.47 bits per heavy atom. The SMILES string of the molecule is CCCCC(=O)Nc1nc(C)cc(C)n1. The molecule has 0 aliphatic heterocycles. The molecule has 1 aromatic heterocycles. The topological polar surface area (TPSA) is 54.9 Å². The maximum absolute atomic E-state index is 11.4. The molecule has 0 bridgehead atoms. The van der Waals surface area contributed by atoms with Crippen molar-refractivity contribution in [2.45, 2.75) is 40.0 Å². The van der Waals surface area contributed by atoms with Gasteiger partial charge in [0.1, 0.15) is 0 Å². The number of anilines is 1. The number of unbranched alkanes of at least 4 members (excludes halogenated alkanes) is 1. The summed E-state index contributed by atoms with van der Waals surface area (Å²) in [5.74, 6) is 0.399. The fourth-order valence-corrected chi connectivity index (χ4v) is 1.31. The van der Waals surface area contributed by atoms with E-state index in [2.05, 4.69) is 22.2 Å². The fraction of sp³-hybridized carbons (Fsp3) is 0.545. The third-order valence-corrected chi connectivity index (χ3v) is 1.99. The van der Waals surface area contributed by atoms with E-state index < -0.39 is 0 Å². The Balaban J connectivity index is 2.60. The van der Waals surface area contributed by atoms with Crippen LogP contribution in [0.15, 0.2) is 6.07 Å². The van der Waals surface area contributed by atoms with Gasteiger partial charge >= 0.3 is 0 Å². The molecule has 0 atom stereocenters. The fourth-order valence-electron chi connectivity index (χ4n) is 1.31. The van der Waals surface area contributed by atoms with Crippen LogP contribution in [-0.2, 0) is 4.79 Å². The molecule has 0 aromatic carbocycles. The van der Waals surface area contributed by atoms with Gasteiger partial charge in [0.25, 0.3) is 0 Å². The average Bonchev–Trinajstić information content (AvgIpc) is 2.13. The summed E-state index contributed by atoms with van der Waals surface area (Å²) in [4.78, 5) is 19.7. The van der Waals surface area contributed by atoms with Gasteiger partial charge in [-0.05, 0) is 26.3 Å². The van der Waals surface area contributed by atoms with Crippen LogP contribution in [-0.4, -0.2) is 15.9 Å². The maximum atomic E-state index is 11.4. The minimum absolute atomic E-state index is 0.0122. The standard InChI is InChI=1S/C11H17N3O/c1-4-5-6-10(15)14-11-12-8(2)7-9(3)13-11/h7H,4-6H2,1-3H3,(H,12,13,14,15). The van der Waals surface area contributed by atoms with Gasteiger partial charge in [0.15, 0.2) is 0 Å². The Morgan fingerprint density at radius 2 is 1.93 bits per heavy atom. The first-order valence-corrected chi connectivity index (χ1v) is 5.24. The van der Waals surface area contributed by atoms with E-state index >= 15 is 0 Å². The number of rotatable bonds is 4. The lowest BCUT2D eigenvalue weighted by Crippen LogP contribution is -2.14. The zero-order chi connectivity index (χ0) is 11.3. The zero-order valence-corrected chi connectivity index (χ0v) is 9.50. The minimum Gasteiger partial charge on any atom is -0.295 e. The number of carbonyl (C=O) groups is 1. The summed E-state index contributed by atoms with van der Waals surface area (Å²) in [6, 6.07) is 1.88. The van der Waals surface area contributed by atoms with E-state index in [9.17, 15) is 4.79 Å². The third kappa shape index (κ3) is 4.06. The highest BCUT2D eigenvalue weighted by Gasteiger charge is 2.04. The summed E-state index contributed by atoms with van der Waals surface area (Å²) < 4.78 is 0. The van der Waals surface area contributed by atoms with Gasteiger partial charge in [-0.3, -0.25) is 10.1 Å². The molecule has 0 radical (unpaired) electrons. The number of aromatic nitrogens is 2. The minimum atomic E-state index is -0.0122. The molecule has 0 saturated heterocycles. The maximum Gasteiger partial charge on any atom is 0.229 e. The Labute approximate surface area is 90.1 Å².